The quantitative estimate of drug-likeness (QED) is 0.883. The fourth-order valence-electron chi connectivity index (χ4n) is 1.63. The van der Waals surface area contributed by atoms with E-state index in [-0.39, 0.29) is 5.75 Å². The van der Waals surface area contributed by atoms with E-state index >= 15 is 0 Å². The van der Waals surface area contributed by atoms with Crippen molar-refractivity contribution in [3.63, 3.8) is 0 Å². The van der Waals surface area contributed by atoms with Gasteiger partial charge in [-0.15, -0.1) is 10.2 Å². The third-order valence-electron chi connectivity index (χ3n) is 2.55. The molecule has 0 aliphatic rings. The molecule has 0 saturated carbocycles. The summed E-state index contributed by atoms with van der Waals surface area (Å²) in [7, 11) is 0. The molecule has 2 aromatic rings. The van der Waals surface area contributed by atoms with Gasteiger partial charge in [-0.1, -0.05) is 48.9 Å². The fourth-order valence-corrected chi connectivity index (χ4v) is 2.77. The number of hydrogen-bond acceptors (Lipinski definition) is 5. The van der Waals surface area contributed by atoms with Gasteiger partial charge in [-0.25, -0.2) is 0 Å². The fraction of sp³-hybridized carbons (Fsp3) is 0.385. The molecule has 0 atom stereocenters. The van der Waals surface area contributed by atoms with Crippen LogP contribution in [0.3, 0.4) is 0 Å². The number of aromatic hydroxyl groups is 1. The highest BCUT2D eigenvalue weighted by Gasteiger charge is 2.08. The first kappa shape index (κ1) is 14.1. The minimum Gasteiger partial charge on any atom is -0.506 e. The molecule has 0 spiro atoms. The molecular formula is C13H16ClN3OS. The number of benzene rings is 1. The Morgan fingerprint density at radius 2 is 2.16 bits per heavy atom. The Bertz CT molecular complexity index is 557. The Kier molecular flexibility index (Phi) is 4.61. The third-order valence-corrected chi connectivity index (χ3v) is 3.76. The summed E-state index contributed by atoms with van der Waals surface area (Å²) >= 11 is 7.40. The van der Waals surface area contributed by atoms with Crippen molar-refractivity contribution in [3.05, 3.63) is 33.8 Å². The maximum atomic E-state index is 9.80. The minimum absolute atomic E-state index is 0.114. The molecule has 0 bridgehead atoms. The van der Waals surface area contributed by atoms with Crippen molar-refractivity contribution < 1.29 is 5.11 Å². The van der Waals surface area contributed by atoms with Gasteiger partial charge < -0.3 is 10.4 Å². The van der Waals surface area contributed by atoms with Crippen LogP contribution in [-0.4, -0.2) is 15.3 Å². The number of aromatic nitrogens is 2. The van der Waals surface area contributed by atoms with Crippen molar-refractivity contribution in [2.45, 2.75) is 26.8 Å². The molecule has 0 radical (unpaired) electrons. The van der Waals surface area contributed by atoms with Crippen LogP contribution in [0, 0.1) is 5.92 Å². The molecule has 0 aliphatic heterocycles. The Balaban J connectivity index is 1.98. The largest absolute Gasteiger partial charge is 0.506 e. The molecule has 2 N–H and O–H groups in total. The van der Waals surface area contributed by atoms with Gasteiger partial charge in [-0.3, -0.25) is 0 Å². The number of nitrogens with zero attached hydrogens (tertiary/aromatic N) is 2. The van der Waals surface area contributed by atoms with Crippen LogP contribution in [-0.2, 0) is 13.0 Å². The first-order chi connectivity index (χ1) is 9.06. The van der Waals surface area contributed by atoms with Gasteiger partial charge in [0.05, 0.1) is 5.02 Å². The zero-order valence-electron chi connectivity index (χ0n) is 10.9. The predicted octanol–water partition coefficient (Wildman–Crippen LogP) is 3.71. The van der Waals surface area contributed by atoms with Crippen LogP contribution in [0.25, 0.3) is 0 Å². The van der Waals surface area contributed by atoms with Crippen LogP contribution in [0.5, 0.6) is 5.75 Å². The van der Waals surface area contributed by atoms with Gasteiger partial charge in [-0.2, -0.15) is 0 Å². The van der Waals surface area contributed by atoms with Crippen molar-refractivity contribution in [2.75, 3.05) is 5.32 Å². The summed E-state index contributed by atoms with van der Waals surface area (Å²) in [5.74, 6) is 0.682. The van der Waals surface area contributed by atoms with E-state index in [4.69, 9.17) is 11.6 Å². The van der Waals surface area contributed by atoms with E-state index in [1.165, 1.54) is 0 Å². The van der Waals surface area contributed by atoms with Crippen LogP contribution in [0.4, 0.5) is 5.13 Å². The van der Waals surface area contributed by atoms with E-state index in [2.05, 4.69) is 29.4 Å². The number of nitrogens with one attached hydrogen (secondary N) is 1. The van der Waals surface area contributed by atoms with E-state index in [1.807, 2.05) is 12.1 Å². The lowest BCUT2D eigenvalue weighted by molar-refractivity contribution is 0.469. The highest BCUT2D eigenvalue weighted by atomic mass is 35.5. The number of halogens is 1. The smallest absolute Gasteiger partial charge is 0.205 e. The van der Waals surface area contributed by atoms with E-state index in [9.17, 15) is 5.11 Å². The third kappa shape index (κ3) is 3.81. The maximum absolute atomic E-state index is 9.80. The lowest BCUT2D eigenvalue weighted by Crippen LogP contribution is -1.99. The summed E-state index contributed by atoms with van der Waals surface area (Å²) < 4.78 is 0. The number of para-hydroxylation sites is 1. The van der Waals surface area contributed by atoms with Crippen molar-refractivity contribution in [2.24, 2.45) is 5.92 Å². The normalized spacial score (nSPS) is 10.9. The standard InChI is InChI=1S/C13H16ClN3OS/c1-8(2)6-11-16-17-13(19-11)15-7-9-4-3-5-10(14)12(9)18/h3-5,8,18H,6-7H2,1-2H3,(H,15,17). The highest BCUT2D eigenvalue weighted by Crippen LogP contribution is 2.28. The van der Waals surface area contributed by atoms with E-state index in [1.54, 1.807) is 17.4 Å². The van der Waals surface area contributed by atoms with E-state index < -0.39 is 0 Å². The second-order valence-corrected chi connectivity index (χ2v) is 6.17. The molecular weight excluding hydrogens is 282 g/mol. The summed E-state index contributed by atoms with van der Waals surface area (Å²) in [5.41, 5.74) is 0.744. The van der Waals surface area contributed by atoms with E-state index in [0.717, 1.165) is 22.1 Å². The lowest BCUT2D eigenvalue weighted by Gasteiger charge is -2.06. The van der Waals surface area contributed by atoms with Crippen molar-refractivity contribution in [1.29, 1.82) is 0 Å². The van der Waals surface area contributed by atoms with Gasteiger partial charge >= 0.3 is 0 Å². The van der Waals surface area contributed by atoms with Crippen LogP contribution in [0.1, 0.15) is 24.4 Å². The number of phenols is 1. The second kappa shape index (κ2) is 6.21. The average Bonchev–Trinajstić information content (AvgIpc) is 2.78. The molecule has 0 amide bonds. The molecule has 0 fully saturated rings. The minimum atomic E-state index is 0.114. The molecule has 6 heteroatoms. The molecule has 2 rings (SSSR count). The Morgan fingerprint density at radius 1 is 1.37 bits per heavy atom. The zero-order chi connectivity index (χ0) is 13.8. The molecule has 1 aromatic heterocycles. The topological polar surface area (TPSA) is 58.0 Å². The van der Waals surface area contributed by atoms with Crippen molar-refractivity contribution >= 4 is 28.1 Å². The zero-order valence-corrected chi connectivity index (χ0v) is 12.4. The highest BCUT2D eigenvalue weighted by molar-refractivity contribution is 7.15. The SMILES string of the molecule is CC(C)Cc1nnc(NCc2cccc(Cl)c2O)s1. The second-order valence-electron chi connectivity index (χ2n) is 4.70. The Morgan fingerprint density at radius 3 is 2.89 bits per heavy atom. The first-order valence-electron chi connectivity index (χ1n) is 6.09. The van der Waals surface area contributed by atoms with Gasteiger partial charge in [0.15, 0.2) is 0 Å². The number of anilines is 1. The van der Waals surface area contributed by atoms with E-state index in [0.29, 0.717) is 17.5 Å². The van der Waals surface area contributed by atoms with Crippen LogP contribution in [0.2, 0.25) is 5.02 Å². The maximum Gasteiger partial charge on any atom is 0.205 e. The van der Waals surface area contributed by atoms with Crippen molar-refractivity contribution in [1.82, 2.24) is 10.2 Å². The van der Waals surface area contributed by atoms with Crippen LogP contribution in [0.15, 0.2) is 18.2 Å². The summed E-state index contributed by atoms with van der Waals surface area (Å²) in [6.45, 7) is 4.78. The monoisotopic (exact) mass is 297 g/mol. The number of hydrogen-bond donors (Lipinski definition) is 2. The van der Waals surface area contributed by atoms with Gasteiger partial charge in [0.25, 0.3) is 0 Å². The number of rotatable bonds is 5. The summed E-state index contributed by atoms with van der Waals surface area (Å²) in [6.07, 6.45) is 0.932. The lowest BCUT2D eigenvalue weighted by atomic mass is 10.1. The molecule has 0 aliphatic carbocycles. The Hall–Kier alpha value is -1.33. The molecule has 19 heavy (non-hydrogen) atoms. The summed E-state index contributed by atoms with van der Waals surface area (Å²) in [4.78, 5) is 0. The predicted molar refractivity (Wildman–Crippen MR) is 78.9 cm³/mol. The molecule has 1 heterocycles. The summed E-state index contributed by atoms with van der Waals surface area (Å²) in [5, 5.41) is 23.3. The summed E-state index contributed by atoms with van der Waals surface area (Å²) in [6, 6.07) is 5.29. The number of phenolic OH excluding ortho intramolecular Hbond substituents is 1. The molecule has 102 valence electrons. The first-order valence-corrected chi connectivity index (χ1v) is 7.28. The Labute approximate surface area is 121 Å². The molecule has 4 nitrogen and oxygen atoms in total. The van der Waals surface area contributed by atoms with Gasteiger partial charge in [0, 0.05) is 18.5 Å². The average molecular weight is 298 g/mol. The van der Waals surface area contributed by atoms with Crippen LogP contribution < -0.4 is 5.32 Å². The molecule has 0 saturated heterocycles. The van der Waals surface area contributed by atoms with Gasteiger partial charge in [0.1, 0.15) is 10.8 Å². The van der Waals surface area contributed by atoms with Gasteiger partial charge in [-0.05, 0) is 12.0 Å². The van der Waals surface area contributed by atoms with Crippen LogP contribution >= 0.6 is 22.9 Å². The van der Waals surface area contributed by atoms with Gasteiger partial charge in [0.2, 0.25) is 5.13 Å². The van der Waals surface area contributed by atoms with Crippen molar-refractivity contribution in [3.8, 4) is 5.75 Å². The molecule has 1 aromatic carbocycles. The molecule has 0 unspecified atom stereocenters.